The number of nitrogens with one attached hydrogen (secondary N) is 1. The molecule has 1 N–H and O–H groups in total. The third-order valence-corrected chi connectivity index (χ3v) is 8.88. The van der Waals surface area contributed by atoms with Gasteiger partial charge in [-0.05, 0) is 75.6 Å². The van der Waals surface area contributed by atoms with Crippen LogP contribution < -0.4 is 5.32 Å². The molecular weight excluding hydrogens is 440 g/mol. The van der Waals surface area contributed by atoms with Gasteiger partial charge in [-0.25, -0.2) is 9.59 Å². The topological polar surface area (TPSA) is 65.1 Å². The molecule has 7 nitrogen and oxygen atoms in total. The van der Waals surface area contributed by atoms with E-state index in [1.165, 1.54) is 24.0 Å². The molecule has 3 fully saturated rings. The molecule has 3 aliphatic heterocycles. The Labute approximate surface area is 211 Å². The number of rotatable bonds is 4. The van der Waals surface area contributed by atoms with E-state index in [1.54, 1.807) is 0 Å². The van der Waals surface area contributed by atoms with Crippen LogP contribution in [0.1, 0.15) is 70.8 Å². The first-order chi connectivity index (χ1) is 17.1. The van der Waals surface area contributed by atoms with Crippen molar-refractivity contribution in [3.63, 3.8) is 0 Å². The van der Waals surface area contributed by atoms with Gasteiger partial charge < -0.3 is 24.8 Å². The van der Waals surface area contributed by atoms with Crippen LogP contribution in [0, 0.1) is 5.92 Å². The Morgan fingerprint density at radius 3 is 2.46 bits per heavy atom. The second-order valence-electron chi connectivity index (χ2n) is 11.2. The summed E-state index contributed by atoms with van der Waals surface area (Å²) in [6, 6.07) is 9.29. The zero-order chi connectivity index (χ0) is 24.3. The minimum absolute atomic E-state index is 0. The fourth-order valence-corrected chi connectivity index (χ4v) is 6.84. The minimum Gasteiger partial charge on any atom is -0.450 e. The number of hydrogen-bond donors (Lipinski definition) is 1. The fourth-order valence-electron chi connectivity index (χ4n) is 6.84. The van der Waals surface area contributed by atoms with Gasteiger partial charge in [0.25, 0.3) is 0 Å². The number of likely N-dealkylation sites (tertiary alicyclic amines) is 2. The van der Waals surface area contributed by atoms with Crippen molar-refractivity contribution in [2.24, 2.45) is 5.92 Å². The highest BCUT2D eigenvalue weighted by Gasteiger charge is 2.43. The number of carbonyl (C=O) groups is 2. The number of fused-ring (bicyclic) bond motifs is 2. The molecule has 0 atom stereocenters. The maximum absolute atomic E-state index is 13.2. The van der Waals surface area contributed by atoms with Crippen molar-refractivity contribution >= 4 is 12.1 Å². The number of urea groups is 1. The standard InChI is InChI=1S/C28H42N4O3.H2/c1-2-35-27(34)31-15-11-22(12-16-31)19-30-17-13-28(14-18-30)21-32(20-23-7-3-6-10-25(23)28)26(33)29-24-8-4-5-9-24;/h3,6-7,10,22,24H,2,4-5,8-9,11-21H2,1H3,(H,29,33);1H. The van der Waals surface area contributed by atoms with Gasteiger partial charge in [-0.2, -0.15) is 0 Å². The second-order valence-corrected chi connectivity index (χ2v) is 11.2. The monoisotopic (exact) mass is 484 g/mol. The molecule has 3 amide bonds. The number of hydrogen-bond acceptors (Lipinski definition) is 4. The first kappa shape index (κ1) is 24.4. The Morgan fingerprint density at radius 2 is 1.74 bits per heavy atom. The van der Waals surface area contributed by atoms with Gasteiger partial charge in [0.15, 0.2) is 0 Å². The van der Waals surface area contributed by atoms with E-state index in [0.29, 0.717) is 18.6 Å². The third kappa shape index (κ3) is 5.45. The molecule has 194 valence electrons. The van der Waals surface area contributed by atoms with E-state index >= 15 is 0 Å². The van der Waals surface area contributed by atoms with Crippen molar-refractivity contribution in [3.05, 3.63) is 35.4 Å². The van der Waals surface area contributed by atoms with E-state index in [-0.39, 0.29) is 19.0 Å². The molecule has 0 aromatic heterocycles. The van der Waals surface area contributed by atoms with Crippen molar-refractivity contribution in [1.29, 1.82) is 0 Å². The summed E-state index contributed by atoms with van der Waals surface area (Å²) in [7, 11) is 0. The number of ether oxygens (including phenoxy) is 1. The maximum atomic E-state index is 13.2. The Hall–Kier alpha value is -2.28. The van der Waals surface area contributed by atoms with Crippen LogP contribution in [-0.2, 0) is 16.7 Å². The molecule has 0 unspecified atom stereocenters. The van der Waals surface area contributed by atoms with Gasteiger partial charge >= 0.3 is 12.1 Å². The molecule has 0 bridgehead atoms. The molecule has 1 saturated carbocycles. The van der Waals surface area contributed by atoms with Gasteiger partial charge in [0.2, 0.25) is 0 Å². The summed E-state index contributed by atoms with van der Waals surface area (Å²) in [6.07, 6.45) is 8.84. The number of carbonyl (C=O) groups excluding carboxylic acids is 2. The van der Waals surface area contributed by atoms with Gasteiger partial charge in [0.05, 0.1) is 6.61 Å². The van der Waals surface area contributed by atoms with Crippen LogP contribution in [0.15, 0.2) is 24.3 Å². The summed E-state index contributed by atoms with van der Waals surface area (Å²) in [5, 5.41) is 3.32. The average molecular weight is 485 g/mol. The van der Waals surface area contributed by atoms with Gasteiger partial charge in [0.1, 0.15) is 0 Å². The summed E-state index contributed by atoms with van der Waals surface area (Å²) in [6.45, 7) is 8.72. The highest BCUT2D eigenvalue weighted by atomic mass is 16.6. The SMILES string of the molecule is CCOC(=O)N1CCC(CN2CCC3(CC2)CN(C(=O)NC2CCCC2)Cc2ccccc23)CC1.[HH]. The molecule has 35 heavy (non-hydrogen) atoms. The first-order valence-electron chi connectivity index (χ1n) is 13.8. The van der Waals surface area contributed by atoms with Gasteiger partial charge in [-0.1, -0.05) is 37.1 Å². The summed E-state index contributed by atoms with van der Waals surface area (Å²) in [4.78, 5) is 31.8. The van der Waals surface area contributed by atoms with Crippen molar-refractivity contribution < 1.29 is 15.8 Å². The number of nitrogens with zero attached hydrogens (tertiary/aromatic N) is 3. The maximum Gasteiger partial charge on any atom is 0.409 e. The molecule has 1 aromatic rings. The van der Waals surface area contributed by atoms with Crippen LogP contribution in [0.5, 0.6) is 0 Å². The average Bonchev–Trinajstić information content (AvgIpc) is 3.39. The van der Waals surface area contributed by atoms with Crippen LogP contribution in [-0.4, -0.2) is 78.7 Å². The van der Waals surface area contributed by atoms with Crippen LogP contribution in [0.3, 0.4) is 0 Å². The first-order valence-corrected chi connectivity index (χ1v) is 13.8. The van der Waals surface area contributed by atoms with Gasteiger partial charge in [-0.3, -0.25) is 0 Å². The van der Waals surface area contributed by atoms with Gasteiger partial charge in [-0.15, -0.1) is 0 Å². The normalized spacial score (nSPS) is 23.3. The minimum atomic E-state index is -0.164. The van der Waals surface area contributed by atoms with Crippen LogP contribution in [0.25, 0.3) is 0 Å². The molecule has 0 radical (unpaired) electrons. The summed E-state index contributed by atoms with van der Waals surface area (Å²) >= 11 is 0. The van der Waals surface area contributed by atoms with Crippen molar-refractivity contribution in [1.82, 2.24) is 20.0 Å². The lowest BCUT2D eigenvalue weighted by Crippen LogP contribution is -2.56. The molecule has 5 rings (SSSR count). The van der Waals surface area contributed by atoms with Gasteiger partial charge in [0, 0.05) is 45.6 Å². The van der Waals surface area contributed by atoms with Crippen LogP contribution in [0.4, 0.5) is 9.59 Å². The Kier molecular flexibility index (Phi) is 7.51. The largest absolute Gasteiger partial charge is 0.450 e. The molecule has 1 aromatic carbocycles. The number of benzene rings is 1. The zero-order valence-electron chi connectivity index (χ0n) is 21.3. The number of amides is 3. The van der Waals surface area contributed by atoms with Crippen LogP contribution in [0.2, 0.25) is 0 Å². The van der Waals surface area contributed by atoms with Crippen molar-refractivity contribution in [2.75, 3.05) is 45.9 Å². The number of piperidine rings is 2. The highest BCUT2D eigenvalue weighted by molar-refractivity contribution is 5.75. The highest BCUT2D eigenvalue weighted by Crippen LogP contribution is 2.42. The predicted octanol–water partition coefficient (Wildman–Crippen LogP) is 4.60. The fraction of sp³-hybridized carbons (Fsp3) is 0.714. The quantitative estimate of drug-likeness (QED) is 0.678. The lowest BCUT2D eigenvalue weighted by molar-refractivity contribution is 0.0721. The van der Waals surface area contributed by atoms with E-state index in [9.17, 15) is 9.59 Å². The Balaban J connectivity index is 0.00000304. The predicted molar refractivity (Wildman–Crippen MR) is 138 cm³/mol. The van der Waals surface area contributed by atoms with Crippen molar-refractivity contribution in [3.8, 4) is 0 Å². The van der Waals surface area contributed by atoms with Crippen molar-refractivity contribution in [2.45, 2.75) is 76.3 Å². The molecular formula is C28H44N4O3. The lowest BCUT2D eigenvalue weighted by Gasteiger charge is -2.49. The smallest absolute Gasteiger partial charge is 0.409 e. The van der Waals surface area contributed by atoms with E-state index in [0.717, 1.165) is 84.3 Å². The molecule has 2 saturated heterocycles. The second kappa shape index (κ2) is 10.8. The Bertz CT molecular complexity index is 891. The summed E-state index contributed by atoms with van der Waals surface area (Å²) in [5.41, 5.74) is 2.85. The Morgan fingerprint density at radius 1 is 1.03 bits per heavy atom. The third-order valence-electron chi connectivity index (χ3n) is 8.88. The molecule has 7 heteroatoms. The molecule has 1 aliphatic carbocycles. The molecule has 3 heterocycles. The van der Waals surface area contributed by atoms with E-state index in [4.69, 9.17) is 4.74 Å². The van der Waals surface area contributed by atoms with E-state index in [2.05, 4.69) is 39.4 Å². The van der Waals surface area contributed by atoms with E-state index in [1.807, 2.05) is 11.8 Å². The van der Waals surface area contributed by atoms with Crippen LogP contribution >= 0.6 is 0 Å². The lowest BCUT2D eigenvalue weighted by atomic mass is 9.68. The van der Waals surface area contributed by atoms with E-state index < -0.39 is 0 Å². The summed E-state index contributed by atoms with van der Waals surface area (Å²) < 4.78 is 5.17. The summed E-state index contributed by atoms with van der Waals surface area (Å²) in [5.74, 6) is 0.641. The molecule has 1 spiro atoms. The zero-order valence-corrected chi connectivity index (χ0v) is 21.3. The molecule has 4 aliphatic rings.